The van der Waals surface area contributed by atoms with Gasteiger partial charge in [-0.2, -0.15) is 5.26 Å². The van der Waals surface area contributed by atoms with Crippen LogP contribution in [0.5, 0.6) is 0 Å². The minimum Gasteiger partial charge on any atom is -0.311 e. The summed E-state index contributed by atoms with van der Waals surface area (Å²) in [4.78, 5) is 27.8. The van der Waals surface area contributed by atoms with Crippen molar-refractivity contribution >= 4 is 33.9 Å². The van der Waals surface area contributed by atoms with E-state index in [9.17, 15) is 14.9 Å². The number of benzene rings is 1. The Morgan fingerprint density at radius 1 is 1.17 bits per heavy atom. The minimum absolute atomic E-state index is 0.173. The van der Waals surface area contributed by atoms with Gasteiger partial charge >= 0.3 is 0 Å². The normalized spacial score (nSPS) is 16.2. The fraction of sp³-hybridized carbons (Fsp3) is 0.250. The van der Waals surface area contributed by atoms with Gasteiger partial charge in [-0.3, -0.25) is 9.59 Å². The van der Waals surface area contributed by atoms with E-state index in [2.05, 4.69) is 16.4 Å². The highest BCUT2D eigenvalue weighted by molar-refractivity contribution is 5.96. The Morgan fingerprint density at radius 3 is 2.59 bits per heavy atom. The Kier molecular flexibility index (Phi) is 5.74. The number of hydrogen-bond acceptors (Lipinski definition) is 4. The topological polar surface area (TPSA) is 82.8 Å². The number of Topliss-reactive ketones (excluding diaryl/α,β-unsaturated/α-hetero) is 1. The molecule has 1 N–H and O–H groups in total. The minimum atomic E-state index is -0.248. The van der Waals surface area contributed by atoms with Crippen molar-refractivity contribution in [1.82, 2.24) is 4.98 Å². The van der Waals surface area contributed by atoms with Crippen LogP contribution in [0.3, 0.4) is 0 Å². The van der Waals surface area contributed by atoms with E-state index in [-0.39, 0.29) is 17.6 Å². The molecule has 0 fully saturated rings. The van der Waals surface area contributed by atoms with Gasteiger partial charge in [-0.1, -0.05) is 30.7 Å². The van der Waals surface area contributed by atoms with E-state index in [1.54, 1.807) is 12.3 Å². The molecule has 0 bridgehead atoms. The summed E-state index contributed by atoms with van der Waals surface area (Å²) in [5.41, 5.74) is 4.21. The molecule has 1 aromatic heterocycles. The lowest BCUT2D eigenvalue weighted by Crippen LogP contribution is -2.08. The molecule has 5 nitrogen and oxygen atoms in total. The number of ketones is 1. The first-order valence-corrected chi connectivity index (χ1v) is 9.56. The molecular formula is C24H23N3O2. The molecule has 0 saturated carbocycles. The first kappa shape index (κ1) is 20.2. The van der Waals surface area contributed by atoms with Gasteiger partial charge in [0.15, 0.2) is 0 Å². The number of amides is 1. The summed E-state index contributed by atoms with van der Waals surface area (Å²) >= 11 is 0. The van der Waals surface area contributed by atoms with Gasteiger partial charge in [0.2, 0.25) is 5.91 Å². The lowest BCUT2D eigenvalue weighted by Gasteiger charge is -2.13. The zero-order valence-electron chi connectivity index (χ0n) is 17.0. The smallest absolute Gasteiger partial charge is 0.222 e. The van der Waals surface area contributed by atoms with Crippen LogP contribution in [-0.2, 0) is 9.59 Å². The average Bonchev–Trinajstić information content (AvgIpc) is 2.83. The number of pyridine rings is 1. The molecule has 146 valence electrons. The first-order chi connectivity index (χ1) is 13.8. The SMILES string of the molecule is CCC(=O)C1C=C(C)C=C(c2cc3cnc(NC(C)=O)cc3cc2C#N)C(C)=C1. The van der Waals surface area contributed by atoms with Crippen molar-refractivity contribution in [2.24, 2.45) is 5.92 Å². The van der Waals surface area contributed by atoms with Crippen LogP contribution in [0.1, 0.15) is 45.2 Å². The van der Waals surface area contributed by atoms with Gasteiger partial charge in [0.25, 0.3) is 0 Å². The lowest BCUT2D eigenvalue weighted by molar-refractivity contribution is -0.120. The highest BCUT2D eigenvalue weighted by atomic mass is 16.1. The summed E-state index contributed by atoms with van der Waals surface area (Å²) in [5.74, 6) is 0.177. The number of carbonyl (C=O) groups excluding carboxylic acids is 2. The molecule has 2 aromatic rings. The summed E-state index contributed by atoms with van der Waals surface area (Å²) in [5, 5.41) is 14.1. The molecule has 0 radical (unpaired) electrons. The van der Waals surface area contributed by atoms with Gasteiger partial charge in [-0.15, -0.1) is 0 Å². The molecule has 1 atom stereocenters. The molecule has 1 aromatic carbocycles. The van der Waals surface area contributed by atoms with E-state index in [4.69, 9.17) is 0 Å². The van der Waals surface area contributed by atoms with E-state index in [1.165, 1.54) is 6.92 Å². The van der Waals surface area contributed by atoms with Gasteiger partial charge in [0.1, 0.15) is 11.6 Å². The Morgan fingerprint density at radius 2 is 1.93 bits per heavy atom. The van der Waals surface area contributed by atoms with Gasteiger partial charge in [-0.25, -0.2) is 4.98 Å². The van der Waals surface area contributed by atoms with Crippen LogP contribution in [0.2, 0.25) is 0 Å². The highest BCUT2D eigenvalue weighted by Gasteiger charge is 2.19. The predicted molar refractivity (Wildman–Crippen MR) is 115 cm³/mol. The number of anilines is 1. The number of hydrogen-bond donors (Lipinski definition) is 1. The second kappa shape index (κ2) is 8.24. The maximum atomic E-state index is 12.3. The van der Waals surface area contributed by atoms with E-state index in [0.29, 0.717) is 17.8 Å². The summed E-state index contributed by atoms with van der Waals surface area (Å²) < 4.78 is 0. The Bertz CT molecular complexity index is 1150. The zero-order chi connectivity index (χ0) is 21.1. The number of rotatable bonds is 4. The van der Waals surface area contributed by atoms with Crippen molar-refractivity contribution in [1.29, 1.82) is 5.26 Å². The summed E-state index contributed by atoms with van der Waals surface area (Å²) in [6.07, 6.45) is 8.13. The standard InChI is InChI=1S/C24H23N3O2/c1-5-23(29)18-6-14(2)7-21(15(3)8-18)22-10-20-13-26-24(27-16(4)28)11-17(20)9-19(22)12-25/h6-11,13,18H,5H2,1-4H3,(H,26,27,28). The van der Waals surface area contributed by atoms with Gasteiger partial charge in [0, 0.05) is 30.5 Å². The van der Waals surface area contributed by atoms with E-state index >= 15 is 0 Å². The van der Waals surface area contributed by atoms with Crippen molar-refractivity contribution in [2.45, 2.75) is 34.1 Å². The third kappa shape index (κ3) is 4.33. The van der Waals surface area contributed by atoms with Crippen LogP contribution in [0.25, 0.3) is 16.3 Å². The number of carbonyl (C=O) groups is 2. The van der Waals surface area contributed by atoms with Crippen LogP contribution in [0.15, 0.2) is 53.8 Å². The monoisotopic (exact) mass is 385 g/mol. The van der Waals surface area contributed by atoms with Crippen molar-refractivity contribution in [3.8, 4) is 6.07 Å². The summed E-state index contributed by atoms with van der Waals surface area (Å²) in [6, 6.07) is 7.79. The predicted octanol–water partition coefficient (Wildman–Crippen LogP) is 4.95. The maximum Gasteiger partial charge on any atom is 0.222 e. The van der Waals surface area contributed by atoms with E-state index in [0.717, 1.165) is 33.1 Å². The number of fused-ring (bicyclic) bond motifs is 1. The van der Waals surface area contributed by atoms with Crippen LogP contribution in [-0.4, -0.2) is 16.7 Å². The maximum absolute atomic E-state index is 12.3. The molecule has 0 spiro atoms. The largest absolute Gasteiger partial charge is 0.311 e. The molecule has 1 aliphatic carbocycles. The average molecular weight is 385 g/mol. The molecule has 0 saturated heterocycles. The lowest BCUT2D eigenvalue weighted by atomic mass is 9.91. The molecule has 1 aliphatic rings. The molecule has 1 amide bonds. The second-order valence-electron chi connectivity index (χ2n) is 7.27. The quantitative estimate of drug-likeness (QED) is 0.807. The van der Waals surface area contributed by atoms with E-state index in [1.807, 2.05) is 51.1 Å². The molecule has 1 heterocycles. The Hall–Kier alpha value is -3.52. The Labute approximate surface area is 170 Å². The molecule has 5 heteroatoms. The van der Waals surface area contributed by atoms with E-state index < -0.39 is 0 Å². The fourth-order valence-corrected chi connectivity index (χ4v) is 3.55. The molecule has 29 heavy (non-hydrogen) atoms. The van der Waals surface area contributed by atoms with Gasteiger partial charge in [0.05, 0.1) is 17.6 Å². The number of nitrogens with zero attached hydrogens (tertiary/aromatic N) is 2. The number of aromatic nitrogens is 1. The Balaban J connectivity index is 2.13. The number of nitriles is 1. The van der Waals surface area contributed by atoms with Gasteiger partial charge in [-0.05, 0) is 48.6 Å². The third-order valence-corrected chi connectivity index (χ3v) is 4.96. The second-order valence-corrected chi connectivity index (χ2v) is 7.27. The first-order valence-electron chi connectivity index (χ1n) is 9.56. The van der Waals surface area contributed by atoms with Crippen LogP contribution in [0, 0.1) is 17.2 Å². The number of allylic oxidation sites excluding steroid dienone is 6. The fourth-order valence-electron chi connectivity index (χ4n) is 3.55. The zero-order valence-corrected chi connectivity index (χ0v) is 17.0. The van der Waals surface area contributed by atoms with Crippen molar-refractivity contribution in [2.75, 3.05) is 5.32 Å². The molecule has 1 unspecified atom stereocenters. The van der Waals surface area contributed by atoms with Crippen molar-refractivity contribution in [3.63, 3.8) is 0 Å². The molecular weight excluding hydrogens is 362 g/mol. The summed E-state index contributed by atoms with van der Waals surface area (Å²) in [6.45, 7) is 7.23. The molecule has 3 rings (SSSR count). The highest BCUT2D eigenvalue weighted by Crippen LogP contribution is 2.34. The summed E-state index contributed by atoms with van der Waals surface area (Å²) in [7, 11) is 0. The van der Waals surface area contributed by atoms with Crippen LogP contribution in [0.4, 0.5) is 5.82 Å². The van der Waals surface area contributed by atoms with Crippen LogP contribution < -0.4 is 5.32 Å². The number of nitrogens with one attached hydrogen (secondary N) is 1. The van der Waals surface area contributed by atoms with Crippen molar-refractivity contribution < 1.29 is 9.59 Å². The van der Waals surface area contributed by atoms with Crippen molar-refractivity contribution in [3.05, 3.63) is 64.9 Å². The molecule has 0 aliphatic heterocycles. The van der Waals surface area contributed by atoms with Crippen LogP contribution >= 0.6 is 0 Å². The van der Waals surface area contributed by atoms with Gasteiger partial charge < -0.3 is 5.32 Å². The third-order valence-electron chi connectivity index (χ3n) is 4.96.